The minimum absolute atomic E-state index is 0.0134. The van der Waals surface area contributed by atoms with Gasteiger partial charge in [0.05, 0.1) is 12.5 Å². The molecule has 0 amide bonds. The molecule has 0 spiro atoms. The van der Waals surface area contributed by atoms with E-state index in [9.17, 15) is 19.6 Å². The molecule has 0 radical (unpaired) electrons. The SMILES string of the molecule is COC(=O)C12CCC(C)(C)CC1C1C(=O)CC3C4(C)C(CCC3(C)C1(C)CC2)C(C)C(=O)C1(C#N)OC14. The van der Waals surface area contributed by atoms with Crippen LogP contribution >= 0.6 is 0 Å². The minimum atomic E-state index is -1.33. The number of hydrogen-bond acceptors (Lipinski definition) is 6. The van der Waals surface area contributed by atoms with Gasteiger partial charge in [0.25, 0.3) is 0 Å². The van der Waals surface area contributed by atoms with Gasteiger partial charge < -0.3 is 9.47 Å². The predicted molar refractivity (Wildman–Crippen MR) is 136 cm³/mol. The summed E-state index contributed by atoms with van der Waals surface area (Å²) in [4.78, 5) is 41.0. The van der Waals surface area contributed by atoms with E-state index in [1.165, 1.54) is 7.11 Å². The lowest BCUT2D eigenvalue weighted by atomic mass is 9.31. The van der Waals surface area contributed by atoms with Crippen LogP contribution in [0, 0.1) is 68.0 Å². The van der Waals surface area contributed by atoms with Gasteiger partial charge in [-0.15, -0.1) is 0 Å². The maximum atomic E-state index is 14.5. The Morgan fingerprint density at radius 2 is 1.68 bits per heavy atom. The molecule has 11 atom stereocenters. The Labute approximate surface area is 221 Å². The van der Waals surface area contributed by atoms with E-state index in [1.54, 1.807) is 0 Å². The highest BCUT2D eigenvalue weighted by molar-refractivity contribution is 5.97. The number of esters is 1. The number of hydrogen-bond donors (Lipinski definition) is 0. The van der Waals surface area contributed by atoms with E-state index >= 15 is 0 Å². The number of rotatable bonds is 1. The molecule has 1 heterocycles. The second-order valence-electron chi connectivity index (χ2n) is 15.2. The van der Waals surface area contributed by atoms with Crippen molar-refractivity contribution in [2.45, 2.75) is 105 Å². The van der Waals surface area contributed by atoms with Crippen LogP contribution in [0.3, 0.4) is 0 Å². The summed E-state index contributed by atoms with van der Waals surface area (Å²) >= 11 is 0. The van der Waals surface area contributed by atoms with E-state index in [0.29, 0.717) is 6.42 Å². The Hall–Kier alpha value is -1.74. The molecule has 0 bridgehead atoms. The van der Waals surface area contributed by atoms with Crippen molar-refractivity contribution in [2.75, 3.05) is 7.11 Å². The molecule has 0 aromatic carbocycles. The molecule has 1 aliphatic heterocycles. The zero-order valence-electron chi connectivity index (χ0n) is 23.6. The van der Waals surface area contributed by atoms with Crippen molar-refractivity contribution in [1.82, 2.24) is 0 Å². The van der Waals surface area contributed by atoms with Crippen molar-refractivity contribution >= 4 is 17.5 Å². The predicted octanol–water partition coefficient (Wildman–Crippen LogP) is 5.28. The number of carbonyl (C=O) groups is 3. The summed E-state index contributed by atoms with van der Waals surface area (Å²) in [5, 5.41) is 10.0. The first kappa shape index (κ1) is 25.5. The Kier molecular flexibility index (Phi) is 5.01. The van der Waals surface area contributed by atoms with Crippen LogP contribution in [0.5, 0.6) is 0 Å². The number of nitriles is 1. The molecule has 1 saturated heterocycles. The standard InChI is InChI=1S/C31H43NO5/c1-17-18-8-9-27(4)21(29(18,6)24-31(16-32,37-24)23(17)34)14-20(33)22-19-15-26(2,3)10-12-30(19,25(35)36-7)13-11-28(22,27)5/h17-19,21-22,24H,8-15H2,1-7H3. The van der Waals surface area contributed by atoms with Gasteiger partial charge in [0.1, 0.15) is 18.0 Å². The van der Waals surface area contributed by atoms with E-state index in [-0.39, 0.29) is 63.4 Å². The van der Waals surface area contributed by atoms with E-state index in [0.717, 1.165) is 44.9 Å². The van der Waals surface area contributed by atoms with Crippen molar-refractivity contribution in [2.24, 2.45) is 56.7 Å². The monoisotopic (exact) mass is 509 g/mol. The maximum absolute atomic E-state index is 14.5. The molecule has 6 rings (SSSR count). The number of methoxy groups -OCH3 is 1. The molecule has 37 heavy (non-hydrogen) atoms. The number of nitrogens with zero attached hydrogens (tertiary/aromatic N) is 1. The Balaban J connectivity index is 1.46. The summed E-state index contributed by atoms with van der Waals surface area (Å²) in [7, 11) is 1.49. The number of ether oxygens (including phenoxy) is 2. The third kappa shape index (κ3) is 2.73. The van der Waals surface area contributed by atoms with E-state index in [4.69, 9.17) is 9.47 Å². The van der Waals surface area contributed by atoms with Crippen molar-refractivity contribution in [3.05, 3.63) is 0 Å². The summed E-state index contributed by atoms with van der Waals surface area (Å²) in [6.07, 6.45) is 6.10. The fourth-order valence-corrected chi connectivity index (χ4v) is 11.3. The van der Waals surface area contributed by atoms with Gasteiger partial charge in [-0.05, 0) is 78.9 Å². The second kappa shape index (κ2) is 7.26. The summed E-state index contributed by atoms with van der Waals surface area (Å²) in [5.41, 5.74) is -2.63. The molecular formula is C31H43NO5. The van der Waals surface area contributed by atoms with Crippen molar-refractivity contribution in [1.29, 1.82) is 5.26 Å². The lowest BCUT2D eigenvalue weighted by Gasteiger charge is -2.71. The molecule has 6 nitrogen and oxygen atoms in total. The highest BCUT2D eigenvalue weighted by atomic mass is 16.6. The number of fused-ring (bicyclic) bond motifs is 9. The second-order valence-corrected chi connectivity index (χ2v) is 15.2. The molecule has 0 aromatic heterocycles. The van der Waals surface area contributed by atoms with Gasteiger partial charge in [-0.3, -0.25) is 14.4 Å². The lowest BCUT2D eigenvalue weighted by molar-refractivity contribution is -0.231. The third-order valence-electron chi connectivity index (χ3n) is 13.6. The van der Waals surface area contributed by atoms with Gasteiger partial charge in [-0.25, -0.2) is 0 Å². The van der Waals surface area contributed by atoms with Crippen LogP contribution in [0.1, 0.15) is 92.9 Å². The van der Waals surface area contributed by atoms with Crippen LogP contribution in [-0.4, -0.2) is 36.4 Å². The fourth-order valence-electron chi connectivity index (χ4n) is 11.3. The molecule has 11 unspecified atom stereocenters. The maximum Gasteiger partial charge on any atom is 0.312 e. The van der Waals surface area contributed by atoms with Crippen LogP contribution in [0.25, 0.3) is 0 Å². The van der Waals surface area contributed by atoms with Gasteiger partial charge in [0, 0.05) is 23.7 Å². The summed E-state index contributed by atoms with van der Waals surface area (Å²) in [5.74, 6) is -0.193. The number of ketones is 2. The van der Waals surface area contributed by atoms with Gasteiger partial charge in [-0.1, -0.05) is 41.5 Å². The first-order chi connectivity index (χ1) is 17.2. The van der Waals surface area contributed by atoms with Gasteiger partial charge >= 0.3 is 5.97 Å². The van der Waals surface area contributed by atoms with Crippen LogP contribution in [0.4, 0.5) is 0 Å². The zero-order chi connectivity index (χ0) is 27.0. The molecule has 6 fully saturated rings. The zero-order valence-corrected chi connectivity index (χ0v) is 23.6. The minimum Gasteiger partial charge on any atom is -0.469 e. The molecule has 5 aliphatic carbocycles. The van der Waals surface area contributed by atoms with E-state index in [2.05, 4.69) is 40.7 Å². The molecule has 202 valence electrons. The molecule has 5 saturated carbocycles. The largest absolute Gasteiger partial charge is 0.469 e. The fraction of sp³-hybridized carbons (Fsp3) is 0.871. The third-order valence-corrected chi connectivity index (χ3v) is 13.6. The van der Waals surface area contributed by atoms with Crippen LogP contribution in [-0.2, 0) is 23.9 Å². The van der Waals surface area contributed by atoms with Gasteiger partial charge in [-0.2, -0.15) is 5.26 Å². The van der Waals surface area contributed by atoms with Crippen molar-refractivity contribution < 1.29 is 23.9 Å². The first-order valence-electron chi connectivity index (χ1n) is 14.4. The molecule has 6 aliphatic rings. The van der Waals surface area contributed by atoms with Crippen molar-refractivity contribution in [3.63, 3.8) is 0 Å². The van der Waals surface area contributed by atoms with Gasteiger partial charge in [0.2, 0.25) is 5.60 Å². The topological polar surface area (TPSA) is 96.8 Å². The number of epoxide rings is 1. The highest BCUT2D eigenvalue weighted by Gasteiger charge is 2.82. The van der Waals surface area contributed by atoms with E-state index < -0.39 is 22.5 Å². The number of carbonyl (C=O) groups excluding carboxylic acids is 3. The van der Waals surface area contributed by atoms with Crippen molar-refractivity contribution in [3.8, 4) is 6.07 Å². The van der Waals surface area contributed by atoms with Crippen LogP contribution < -0.4 is 0 Å². The van der Waals surface area contributed by atoms with Crippen LogP contribution in [0.15, 0.2) is 0 Å². The smallest absolute Gasteiger partial charge is 0.312 e. The molecule has 0 N–H and O–H groups in total. The quantitative estimate of drug-likeness (QED) is 0.352. The normalized spacial score (nSPS) is 55.4. The molecule has 6 heteroatoms. The van der Waals surface area contributed by atoms with Gasteiger partial charge in [0.15, 0.2) is 5.78 Å². The number of Topliss-reactive ketones (excluding diaryl/α,β-unsaturated/α-hetero) is 2. The summed E-state index contributed by atoms with van der Waals surface area (Å²) in [6.45, 7) is 13.4. The first-order valence-corrected chi connectivity index (χ1v) is 14.4. The Morgan fingerprint density at radius 3 is 2.32 bits per heavy atom. The Morgan fingerprint density at radius 1 is 1.00 bits per heavy atom. The average molecular weight is 510 g/mol. The molecule has 0 aromatic rings. The van der Waals surface area contributed by atoms with E-state index in [1.807, 2.05) is 6.92 Å². The summed E-state index contributed by atoms with van der Waals surface area (Å²) in [6, 6.07) is 2.24. The molecular weight excluding hydrogens is 466 g/mol. The van der Waals surface area contributed by atoms with Crippen LogP contribution in [0.2, 0.25) is 0 Å². The highest BCUT2D eigenvalue weighted by Crippen LogP contribution is 2.77. The lowest BCUT2D eigenvalue weighted by Crippen LogP contribution is -2.70. The average Bonchev–Trinajstić information content (AvgIpc) is 3.61. The summed E-state index contributed by atoms with van der Waals surface area (Å²) < 4.78 is 11.5. The Bertz CT molecular complexity index is 1140.